The zero-order valence-electron chi connectivity index (χ0n) is 17.6. The van der Waals surface area contributed by atoms with Crippen LogP contribution in [-0.4, -0.2) is 86.9 Å². The predicted octanol–water partition coefficient (Wildman–Crippen LogP) is 0.854. The van der Waals surface area contributed by atoms with Gasteiger partial charge >= 0.3 is 5.97 Å². The zero-order chi connectivity index (χ0) is 21.8. The summed E-state index contributed by atoms with van der Waals surface area (Å²) in [5.74, 6) is 0.165. The van der Waals surface area contributed by atoms with Gasteiger partial charge in [-0.25, -0.2) is 4.79 Å². The van der Waals surface area contributed by atoms with Crippen molar-refractivity contribution in [1.82, 2.24) is 9.80 Å². The number of methoxy groups -OCH3 is 1. The smallest absolute Gasteiger partial charge is 0.340 e. The minimum atomic E-state index is -0.577. The summed E-state index contributed by atoms with van der Waals surface area (Å²) < 4.78 is 21.0. The summed E-state index contributed by atoms with van der Waals surface area (Å²) >= 11 is 0. The SMILES string of the molecule is COC(=O)c1cc2c(cc1NC(=O)CN1CCN(C(=O)CC3CCCO3)CC1)OCO2. The monoisotopic (exact) mass is 433 g/mol. The molecule has 1 aromatic rings. The highest BCUT2D eigenvalue weighted by atomic mass is 16.7. The number of anilines is 1. The van der Waals surface area contributed by atoms with Crippen LogP contribution in [0.4, 0.5) is 5.69 Å². The topological polar surface area (TPSA) is 107 Å². The van der Waals surface area contributed by atoms with Gasteiger partial charge in [0.1, 0.15) is 0 Å². The number of esters is 1. The molecule has 4 rings (SSSR count). The van der Waals surface area contributed by atoms with Gasteiger partial charge in [0, 0.05) is 44.9 Å². The Morgan fingerprint density at radius 1 is 1.13 bits per heavy atom. The largest absolute Gasteiger partial charge is 0.465 e. The zero-order valence-corrected chi connectivity index (χ0v) is 17.6. The Morgan fingerprint density at radius 3 is 2.55 bits per heavy atom. The van der Waals surface area contributed by atoms with Crippen LogP contribution in [0.25, 0.3) is 0 Å². The van der Waals surface area contributed by atoms with Gasteiger partial charge in [-0.15, -0.1) is 0 Å². The molecule has 2 fully saturated rings. The number of carbonyl (C=O) groups excluding carboxylic acids is 3. The molecule has 0 aliphatic carbocycles. The van der Waals surface area contributed by atoms with Gasteiger partial charge in [0.2, 0.25) is 18.6 Å². The molecule has 3 aliphatic rings. The molecule has 0 bridgehead atoms. The van der Waals surface area contributed by atoms with E-state index in [0.29, 0.717) is 49.8 Å². The first kappa shape index (κ1) is 21.4. The lowest BCUT2D eigenvalue weighted by atomic mass is 10.1. The second-order valence-corrected chi connectivity index (χ2v) is 7.79. The molecule has 10 nitrogen and oxygen atoms in total. The number of carbonyl (C=O) groups is 3. The lowest BCUT2D eigenvalue weighted by Gasteiger charge is -2.34. The van der Waals surface area contributed by atoms with Crippen molar-refractivity contribution in [2.24, 2.45) is 0 Å². The first-order valence-corrected chi connectivity index (χ1v) is 10.5. The molecule has 1 N–H and O–H groups in total. The molecule has 0 radical (unpaired) electrons. The standard InChI is InChI=1S/C21H27N3O7/c1-28-21(27)15-10-17-18(31-13-30-17)11-16(15)22-19(25)12-23-4-6-24(7-5-23)20(26)9-14-3-2-8-29-14/h10-11,14H,2-9,12-13H2,1H3,(H,22,25). The highest BCUT2D eigenvalue weighted by molar-refractivity contribution is 6.02. The van der Waals surface area contributed by atoms with Gasteiger partial charge in [0.05, 0.1) is 37.4 Å². The third kappa shape index (κ3) is 5.08. The number of nitrogens with zero attached hydrogens (tertiary/aromatic N) is 2. The summed E-state index contributed by atoms with van der Waals surface area (Å²) in [5, 5.41) is 2.77. The summed E-state index contributed by atoms with van der Waals surface area (Å²) in [7, 11) is 1.28. The van der Waals surface area contributed by atoms with Crippen LogP contribution in [0.1, 0.15) is 29.6 Å². The van der Waals surface area contributed by atoms with E-state index in [9.17, 15) is 14.4 Å². The highest BCUT2D eigenvalue weighted by Crippen LogP contribution is 2.37. The number of rotatable bonds is 6. The minimum Gasteiger partial charge on any atom is -0.465 e. The van der Waals surface area contributed by atoms with Crippen molar-refractivity contribution in [3.63, 3.8) is 0 Å². The highest BCUT2D eigenvalue weighted by Gasteiger charge is 2.27. The van der Waals surface area contributed by atoms with Crippen molar-refractivity contribution in [3.8, 4) is 11.5 Å². The molecular weight excluding hydrogens is 406 g/mol. The molecule has 168 valence electrons. The number of ether oxygens (including phenoxy) is 4. The lowest BCUT2D eigenvalue weighted by Crippen LogP contribution is -2.50. The quantitative estimate of drug-likeness (QED) is 0.659. The second-order valence-electron chi connectivity index (χ2n) is 7.79. The summed E-state index contributed by atoms with van der Waals surface area (Å²) in [4.78, 5) is 41.0. The van der Waals surface area contributed by atoms with E-state index < -0.39 is 5.97 Å². The third-order valence-corrected chi connectivity index (χ3v) is 5.71. The van der Waals surface area contributed by atoms with Gasteiger partial charge in [0.15, 0.2) is 11.5 Å². The van der Waals surface area contributed by atoms with Crippen LogP contribution in [0.15, 0.2) is 12.1 Å². The number of amides is 2. The number of hydrogen-bond donors (Lipinski definition) is 1. The van der Waals surface area contributed by atoms with Crippen LogP contribution < -0.4 is 14.8 Å². The van der Waals surface area contributed by atoms with Crippen LogP contribution >= 0.6 is 0 Å². The minimum absolute atomic E-state index is 0.0435. The van der Waals surface area contributed by atoms with E-state index in [2.05, 4.69) is 5.32 Å². The molecule has 3 aliphatic heterocycles. The van der Waals surface area contributed by atoms with E-state index in [0.717, 1.165) is 19.4 Å². The van der Waals surface area contributed by atoms with Crippen molar-refractivity contribution in [2.75, 3.05) is 58.6 Å². The molecular formula is C21H27N3O7. The van der Waals surface area contributed by atoms with Gasteiger partial charge < -0.3 is 29.2 Å². The number of benzene rings is 1. The van der Waals surface area contributed by atoms with E-state index in [-0.39, 0.29) is 36.8 Å². The van der Waals surface area contributed by atoms with Gasteiger partial charge in [0.25, 0.3) is 0 Å². The molecule has 31 heavy (non-hydrogen) atoms. The maximum atomic E-state index is 12.6. The Labute approximate surface area is 180 Å². The van der Waals surface area contributed by atoms with Crippen molar-refractivity contribution in [2.45, 2.75) is 25.4 Å². The predicted molar refractivity (Wildman–Crippen MR) is 109 cm³/mol. The van der Waals surface area contributed by atoms with Crippen LogP contribution in [0.3, 0.4) is 0 Å². The first-order chi connectivity index (χ1) is 15.0. The van der Waals surface area contributed by atoms with Gasteiger partial charge in [-0.2, -0.15) is 0 Å². The summed E-state index contributed by atoms with van der Waals surface area (Å²) in [6, 6.07) is 3.07. The van der Waals surface area contributed by atoms with E-state index in [1.54, 1.807) is 6.07 Å². The van der Waals surface area contributed by atoms with Crippen LogP contribution in [-0.2, 0) is 19.1 Å². The molecule has 2 saturated heterocycles. The van der Waals surface area contributed by atoms with Gasteiger partial charge in [-0.1, -0.05) is 0 Å². The number of fused-ring (bicyclic) bond motifs is 1. The van der Waals surface area contributed by atoms with Crippen LogP contribution in [0.2, 0.25) is 0 Å². The van der Waals surface area contributed by atoms with E-state index in [1.165, 1.54) is 13.2 Å². The Hall–Kier alpha value is -2.85. The Morgan fingerprint density at radius 2 is 1.87 bits per heavy atom. The number of nitrogens with one attached hydrogen (secondary N) is 1. The normalized spacial score (nSPS) is 20.5. The van der Waals surface area contributed by atoms with Crippen molar-refractivity contribution in [1.29, 1.82) is 0 Å². The van der Waals surface area contributed by atoms with Gasteiger partial charge in [-0.3, -0.25) is 14.5 Å². The number of hydrogen-bond acceptors (Lipinski definition) is 8. The van der Waals surface area contributed by atoms with Crippen molar-refractivity contribution >= 4 is 23.5 Å². The maximum Gasteiger partial charge on any atom is 0.340 e. The summed E-state index contributed by atoms with van der Waals surface area (Å²) in [5.41, 5.74) is 0.510. The van der Waals surface area contributed by atoms with Crippen molar-refractivity contribution in [3.05, 3.63) is 17.7 Å². The third-order valence-electron chi connectivity index (χ3n) is 5.71. The molecule has 3 heterocycles. The fraction of sp³-hybridized carbons (Fsp3) is 0.571. The number of piperazine rings is 1. The molecule has 0 aromatic heterocycles. The van der Waals surface area contributed by atoms with Crippen molar-refractivity contribution < 1.29 is 33.3 Å². The Kier molecular flexibility index (Phi) is 6.57. The summed E-state index contributed by atoms with van der Waals surface area (Å²) in [6.45, 7) is 3.33. The molecule has 0 spiro atoms. The average molecular weight is 433 g/mol. The van der Waals surface area contributed by atoms with E-state index in [4.69, 9.17) is 18.9 Å². The van der Waals surface area contributed by atoms with E-state index in [1.807, 2.05) is 9.80 Å². The fourth-order valence-electron chi connectivity index (χ4n) is 4.00. The first-order valence-electron chi connectivity index (χ1n) is 10.5. The lowest BCUT2D eigenvalue weighted by molar-refractivity contribution is -0.135. The Balaban J connectivity index is 1.30. The average Bonchev–Trinajstić information content (AvgIpc) is 3.44. The maximum absolute atomic E-state index is 12.6. The molecule has 10 heteroatoms. The fourth-order valence-corrected chi connectivity index (χ4v) is 4.00. The molecule has 1 atom stereocenters. The van der Waals surface area contributed by atoms with Gasteiger partial charge in [-0.05, 0) is 12.8 Å². The Bertz CT molecular complexity index is 846. The molecule has 1 unspecified atom stereocenters. The molecule has 0 saturated carbocycles. The van der Waals surface area contributed by atoms with Crippen LogP contribution in [0.5, 0.6) is 11.5 Å². The summed E-state index contributed by atoms with van der Waals surface area (Å²) in [6.07, 6.45) is 2.43. The second kappa shape index (κ2) is 9.52. The molecule has 2 amide bonds. The molecule has 1 aromatic carbocycles. The van der Waals surface area contributed by atoms with Crippen LogP contribution in [0, 0.1) is 0 Å². The van der Waals surface area contributed by atoms with E-state index >= 15 is 0 Å².